The van der Waals surface area contributed by atoms with Crippen molar-refractivity contribution in [1.82, 2.24) is 29.3 Å². The molecule has 0 spiro atoms. The molecule has 154 valence electrons. The minimum absolute atomic E-state index is 0.171. The molecule has 0 aliphatic carbocycles. The molecule has 0 atom stereocenters. The number of imidazole rings is 1. The lowest BCUT2D eigenvalue weighted by Crippen LogP contribution is -2.26. The Kier molecular flexibility index (Phi) is 4.59. The highest BCUT2D eigenvalue weighted by Crippen LogP contribution is 2.31. The van der Waals surface area contributed by atoms with Gasteiger partial charge in [-0.05, 0) is 44.8 Å². The average molecular weight is 424 g/mol. The number of thiazole rings is 1. The number of nitrogens with zero attached hydrogens (tertiary/aromatic N) is 5. The van der Waals surface area contributed by atoms with Crippen molar-refractivity contribution >= 4 is 27.9 Å². The minimum atomic E-state index is -0.956. The van der Waals surface area contributed by atoms with Gasteiger partial charge in [0.25, 0.3) is 5.56 Å². The topological polar surface area (TPSA) is 114 Å². The van der Waals surface area contributed by atoms with Gasteiger partial charge in [0.15, 0.2) is 10.6 Å². The molecule has 30 heavy (non-hydrogen) atoms. The largest absolute Gasteiger partial charge is 0.481 e. The van der Waals surface area contributed by atoms with Crippen LogP contribution in [-0.4, -0.2) is 48.1 Å². The number of carboxylic acid groups (broad SMARTS) is 1. The molecule has 0 amide bonds. The van der Waals surface area contributed by atoms with E-state index in [1.54, 1.807) is 21.2 Å². The Morgan fingerprint density at radius 3 is 2.80 bits per heavy atom. The number of carbonyl (C=O) groups is 1. The summed E-state index contributed by atoms with van der Waals surface area (Å²) in [7, 11) is 0. The number of hydrogen-bond acceptors (Lipinski definition) is 7. The van der Waals surface area contributed by atoms with Crippen molar-refractivity contribution in [2.75, 3.05) is 13.1 Å². The molecule has 0 bridgehead atoms. The van der Waals surface area contributed by atoms with E-state index in [9.17, 15) is 14.7 Å². The molecular formula is C20H20N6O3S. The van der Waals surface area contributed by atoms with Crippen LogP contribution in [0.3, 0.4) is 0 Å². The Hall–Kier alpha value is -3.11. The van der Waals surface area contributed by atoms with Crippen molar-refractivity contribution < 1.29 is 9.90 Å². The van der Waals surface area contributed by atoms with E-state index in [1.165, 1.54) is 22.3 Å². The van der Waals surface area contributed by atoms with Crippen molar-refractivity contribution in [3.05, 3.63) is 51.0 Å². The van der Waals surface area contributed by atoms with Gasteiger partial charge in [-0.15, -0.1) is 11.3 Å². The molecule has 4 aromatic rings. The molecule has 4 aromatic heterocycles. The van der Waals surface area contributed by atoms with Crippen LogP contribution in [0, 0.1) is 6.92 Å². The van der Waals surface area contributed by atoms with E-state index in [2.05, 4.69) is 20.4 Å². The van der Waals surface area contributed by atoms with E-state index in [1.807, 2.05) is 13.1 Å². The molecule has 5 rings (SSSR count). The van der Waals surface area contributed by atoms with Gasteiger partial charge in [0.2, 0.25) is 0 Å². The second-order valence-corrected chi connectivity index (χ2v) is 8.61. The maximum absolute atomic E-state index is 12.8. The van der Waals surface area contributed by atoms with Gasteiger partial charge in [0, 0.05) is 22.7 Å². The molecule has 0 aromatic carbocycles. The lowest BCUT2D eigenvalue weighted by molar-refractivity contribution is -0.136. The first kappa shape index (κ1) is 18.9. The van der Waals surface area contributed by atoms with Crippen molar-refractivity contribution in [3.63, 3.8) is 0 Å². The number of nitrogens with one attached hydrogen (secondary N) is 1. The monoisotopic (exact) mass is 424 g/mol. The van der Waals surface area contributed by atoms with Crippen LogP contribution >= 0.6 is 11.3 Å². The zero-order valence-corrected chi connectivity index (χ0v) is 17.1. The lowest BCUT2D eigenvalue weighted by atomic mass is 9.97. The predicted molar refractivity (Wildman–Crippen MR) is 112 cm³/mol. The summed E-state index contributed by atoms with van der Waals surface area (Å²) in [6.45, 7) is 3.78. The number of aromatic nitrogens is 5. The van der Waals surface area contributed by atoms with E-state index >= 15 is 0 Å². The van der Waals surface area contributed by atoms with Gasteiger partial charge in [0.1, 0.15) is 5.69 Å². The van der Waals surface area contributed by atoms with Crippen LogP contribution in [0.15, 0.2) is 29.3 Å². The van der Waals surface area contributed by atoms with E-state index in [4.69, 9.17) is 0 Å². The fraction of sp³-hybridized carbons (Fsp3) is 0.350. The molecule has 1 saturated heterocycles. The SMILES string of the molecule is Cc1cn2nc(-c3cc(=O)n4cc(C5CCNCC5)sc4n3)cc(CC(=O)O)c2n1. The van der Waals surface area contributed by atoms with Crippen molar-refractivity contribution in [3.8, 4) is 11.4 Å². The number of aryl methyl sites for hydroxylation is 1. The van der Waals surface area contributed by atoms with Crippen LogP contribution in [0.4, 0.5) is 0 Å². The highest BCUT2D eigenvalue weighted by molar-refractivity contribution is 7.17. The van der Waals surface area contributed by atoms with Gasteiger partial charge in [0.05, 0.1) is 24.0 Å². The van der Waals surface area contributed by atoms with Gasteiger partial charge in [-0.25, -0.2) is 14.5 Å². The third-order valence-corrected chi connectivity index (χ3v) is 6.50. The highest BCUT2D eigenvalue weighted by Gasteiger charge is 2.20. The summed E-state index contributed by atoms with van der Waals surface area (Å²) in [6.07, 6.45) is 5.54. The molecule has 0 unspecified atom stereocenters. The molecule has 1 aliphatic rings. The van der Waals surface area contributed by atoms with Crippen molar-refractivity contribution in [1.29, 1.82) is 0 Å². The highest BCUT2D eigenvalue weighted by atomic mass is 32.1. The number of rotatable bonds is 4. The number of aliphatic carboxylic acids is 1. The van der Waals surface area contributed by atoms with Gasteiger partial charge in [-0.2, -0.15) is 5.10 Å². The molecular weight excluding hydrogens is 404 g/mol. The Balaban J connectivity index is 1.62. The van der Waals surface area contributed by atoms with Crippen LogP contribution in [0.1, 0.15) is 34.9 Å². The van der Waals surface area contributed by atoms with E-state index in [0.29, 0.717) is 33.5 Å². The second-order valence-electron chi connectivity index (χ2n) is 7.57. The molecule has 10 heteroatoms. The smallest absolute Gasteiger partial charge is 0.307 e. The van der Waals surface area contributed by atoms with Gasteiger partial charge in [-0.3, -0.25) is 14.0 Å². The molecule has 1 fully saturated rings. The predicted octanol–water partition coefficient (Wildman–Crippen LogP) is 1.87. The molecule has 1 aliphatic heterocycles. The molecule has 2 N–H and O–H groups in total. The molecule has 0 saturated carbocycles. The number of fused-ring (bicyclic) bond motifs is 2. The van der Waals surface area contributed by atoms with Gasteiger partial charge < -0.3 is 10.4 Å². The summed E-state index contributed by atoms with van der Waals surface area (Å²) in [5.41, 5.74) is 2.48. The molecule has 9 nitrogen and oxygen atoms in total. The number of carboxylic acids is 1. The Morgan fingerprint density at radius 2 is 2.03 bits per heavy atom. The van der Waals surface area contributed by atoms with E-state index in [-0.39, 0.29) is 12.0 Å². The zero-order chi connectivity index (χ0) is 20.8. The summed E-state index contributed by atoms with van der Waals surface area (Å²) in [4.78, 5) is 34.9. The van der Waals surface area contributed by atoms with Crippen molar-refractivity contribution in [2.24, 2.45) is 0 Å². The molecule has 5 heterocycles. The second kappa shape index (κ2) is 7.29. The van der Waals surface area contributed by atoms with Gasteiger partial charge in [-0.1, -0.05) is 0 Å². The first-order chi connectivity index (χ1) is 14.5. The summed E-state index contributed by atoms with van der Waals surface area (Å²) in [6, 6.07) is 3.11. The third-order valence-electron chi connectivity index (χ3n) is 5.35. The maximum Gasteiger partial charge on any atom is 0.307 e. The average Bonchev–Trinajstić information content (AvgIpc) is 3.31. The van der Waals surface area contributed by atoms with Crippen LogP contribution < -0.4 is 10.9 Å². The van der Waals surface area contributed by atoms with Crippen LogP contribution in [0.2, 0.25) is 0 Å². The Morgan fingerprint density at radius 1 is 1.23 bits per heavy atom. The standard InChI is InChI=1S/C20H20N6O3S/c1-11-9-26-19(22-11)13(7-18(28)29)6-15(24-26)14-8-17(27)25-10-16(30-20(25)23-14)12-2-4-21-5-3-12/h6,8-10,12,21H,2-5,7H2,1H3,(H,28,29). The fourth-order valence-corrected chi connectivity index (χ4v) is 5.08. The number of piperidine rings is 1. The van der Waals surface area contributed by atoms with E-state index < -0.39 is 5.97 Å². The van der Waals surface area contributed by atoms with Crippen LogP contribution in [-0.2, 0) is 11.2 Å². The minimum Gasteiger partial charge on any atom is -0.481 e. The van der Waals surface area contributed by atoms with Crippen molar-refractivity contribution in [2.45, 2.75) is 32.1 Å². The lowest BCUT2D eigenvalue weighted by Gasteiger charge is -2.20. The normalized spacial score (nSPS) is 15.2. The first-order valence-corrected chi connectivity index (χ1v) is 10.6. The van der Waals surface area contributed by atoms with Crippen LogP contribution in [0.25, 0.3) is 22.0 Å². The third kappa shape index (κ3) is 3.37. The quantitative estimate of drug-likeness (QED) is 0.514. The fourth-order valence-electron chi connectivity index (χ4n) is 3.92. The molecule has 0 radical (unpaired) electrons. The zero-order valence-electron chi connectivity index (χ0n) is 16.3. The Bertz CT molecular complexity index is 1330. The Labute approximate surface area is 175 Å². The summed E-state index contributed by atoms with van der Waals surface area (Å²) >= 11 is 1.53. The maximum atomic E-state index is 12.8. The van der Waals surface area contributed by atoms with Gasteiger partial charge >= 0.3 is 5.97 Å². The summed E-state index contributed by atoms with van der Waals surface area (Å²) in [5, 5.41) is 17.2. The first-order valence-electron chi connectivity index (χ1n) is 9.80. The van der Waals surface area contributed by atoms with E-state index in [0.717, 1.165) is 31.6 Å². The number of hydrogen-bond donors (Lipinski definition) is 2. The summed E-state index contributed by atoms with van der Waals surface area (Å²) < 4.78 is 3.14. The van der Waals surface area contributed by atoms with Crippen LogP contribution in [0.5, 0.6) is 0 Å². The summed E-state index contributed by atoms with van der Waals surface area (Å²) in [5.74, 6) is -0.519.